The summed E-state index contributed by atoms with van der Waals surface area (Å²) in [6.07, 6.45) is 7.12. The van der Waals surface area contributed by atoms with Crippen molar-refractivity contribution in [1.82, 2.24) is 9.88 Å². The summed E-state index contributed by atoms with van der Waals surface area (Å²) < 4.78 is 6.40. The van der Waals surface area contributed by atoms with Gasteiger partial charge in [0.05, 0.1) is 11.4 Å². The minimum Gasteiger partial charge on any atom is -0.453 e. The molecule has 0 N–H and O–H groups in total. The van der Waals surface area contributed by atoms with Gasteiger partial charge < -0.3 is 14.5 Å². The van der Waals surface area contributed by atoms with Gasteiger partial charge in [0.2, 0.25) is 0 Å². The van der Waals surface area contributed by atoms with Gasteiger partial charge in [-0.1, -0.05) is 54.6 Å². The largest absolute Gasteiger partial charge is 0.453 e. The maximum Gasteiger partial charge on any atom is 0.151 e. The first-order chi connectivity index (χ1) is 16.8. The molecule has 1 fully saturated rings. The molecule has 3 heterocycles. The molecule has 0 radical (unpaired) electrons. The van der Waals surface area contributed by atoms with E-state index in [0.717, 1.165) is 67.2 Å². The molecule has 4 nitrogen and oxygen atoms in total. The highest BCUT2D eigenvalue weighted by Crippen LogP contribution is 2.49. The number of ether oxygens (including phenoxy) is 1. The number of aromatic nitrogens is 1. The van der Waals surface area contributed by atoms with Gasteiger partial charge in [0, 0.05) is 43.6 Å². The van der Waals surface area contributed by atoms with Gasteiger partial charge in [0.1, 0.15) is 0 Å². The third-order valence-electron chi connectivity index (χ3n) is 7.04. The zero-order valence-corrected chi connectivity index (χ0v) is 19.3. The lowest BCUT2D eigenvalue weighted by Crippen LogP contribution is -2.44. The minimum absolute atomic E-state index is 0.459. The molecular formula is C30H29N3O. The molecule has 4 aromatic rings. The van der Waals surface area contributed by atoms with Gasteiger partial charge in [-0.15, -0.1) is 0 Å². The van der Waals surface area contributed by atoms with Crippen LogP contribution in [0.15, 0.2) is 97.3 Å². The van der Waals surface area contributed by atoms with Crippen molar-refractivity contribution in [2.45, 2.75) is 25.3 Å². The van der Waals surface area contributed by atoms with Gasteiger partial charge in [-0.3, -0.25) is 4.98 Å². The molecule has 0 aliphatic carbocycles. The van der Waals surface area contributed by atoms with Crippen LogP contribution in [0.4, 0.5) is 11.4 Å². The molecule has 0 bridgehead atoms. The van der Waals surface area contributed by atoms with E-state index in [1.165, 1.54) is 11.3 Å². The summed E-state index contributed by atoms with van der Waals surface area (Å²) in [6, 6.07) is 30.3. The van der Waals surface area contributed by atoms with Gasteiger partial charge in [0.25, 0.3) is 0 Å². The third-order valence-corrected chi connectivity index (χ3v) is 7.04. The van der Waals surface area contributed by atoms with Crippen LogP contribution in [-0.4, -0.2) is 35.6 Å². The fourth-order valence-corrected chi connectivity index (χ4v) is 5.23. The Labute approximate surface area is 201 Å². The van der Waals surface area contributed by atoms with Crippen molar-refractivity contribution in [2.24, 2.45) is 0 Å². The molecular weight excluding hydrogens is 418 g/mol. The SMILES string of the molecule is c1ccc(CCN2CCC(N3c4ccccc4Oc4cc(-c5cccnc5)ccc43)CC2)cc1. The maximum absolute atomic E-state index is 6.40. The second-order valence-electron chi connectivity index (χ2n) is 9.17. The first kappa shape index (κ1) is 20.9. The number of likely N-dealkylation sites (tertiary alicyclic amines) is 1. The van der Waals surface area contributed by atoms with Crippen molar-refractivity contribution in [3.05, 3.63) is 103 Å². The zero-order valence-electron chi connectivity index (χ0n) is 19.3. The van der Waals surface area contributed by atoms with Crippen LogP contribution in [0.1, 0.15) is 18.4 Å². The number of nitrogens with zero attached hydrogens (tertiary/aromatic N) is 3. The van der Waals surface area contributed by atoms with Gasteiger partial charge in [0.15, 0.2) is 11.5 Å². The second-order valence-corrected chi connectivity index (χ2v) is 9.17. The molecule has 1 aromatic heterocycles. The first-order valence-corrected chi connectivity index (χ1v) is 12.2. The van der Waals surface area contributed by atoms with Crippen LogP contribution < -0.4 is 9.64 Å². The van der Waals surface area contributed by atoms with Crippen LogP contribution in [-0.2, 0) is 6.42 Å². The number of para-hydroxylation sites is 2. The lowest BCUT2D eigenvalue weighted by Gasteiger charge is -2.42. The average Bonchev–Trinajstić information content (AvgIpc) is 2.92. The molecule has 1 saturated heterocycles. The standard InChI is InChI=1S/C30H29N3O/c1-2-7-23(8-3-1)14-18-32-19-15-26(16-20-32)33-27-10-4-5-11-29(27)34-30-21-24(12-13-28(30)33)25-9-6-17-31-22-25/h1-13,17,21-22,26H,14-16,18-20H2. The quantitative estimate of drug-likeness (QED) is 0.340. The Hall–Kier alpha value is -3.63. The summed E-state index contributed by atoms with van der Waals surface area (Å²) in [5, 5.41) is 0. The molecule has 3 aromatic carbocycles. The van der Waals surface area contributed by atoms with Crippen molar-refractivity contribution in [3.63, 3.8) is 0 Å². The zero-order chi connectivity index (χ0) is 22.7. The monoisotopic (exact) mass is 447 g/mol. The van der Waals surface area contributed by atoms with Crippen molar-refractivity contribution >= 4 is 11.4 Å². The minimum atomic E-state index is 0.459. The van der Waals surface area contributed by atoms with E-state index in [1.807, 2.05) is 18.5 Å². The highest BCUT2D eigenvalue weighted by atomic mass is 16.5. The highest BCUT2D eigenvalue weighted by Gasteiger charge is 2.32. The number of fused-ring (bicyclic) bond motifs is 2. The van der Waals surface area contributed by atoms with E-state index in [0.29, 0.717) is 6.04 Å². The van der Waals surface area contributed by atoms with E-state index in [1.54, 1.807) is 0 Å². The molecule has 34 heavy (non-hydrogen) atoms. The molecule has 2 aliphatic rings. The summed E-state index contributed by atoms with van der Waals surface area (Å²) in [6.45, 7) is 3.38. The van der Waals surface area contributed by atoms with E-state index >= 15 is 0 Å². The van der Waals surface area contributed by atoms with Gasteiger partial charge in [-0.25, -0.2) is 0 Å². The third kappa shape index (κ3) is 4.17. The highest BCUT2D eigenvalue weighted by molar-refractivity contribution is 5.81. The summed E-state index contributed by atoms with van der Waals surface area (Å²) in [4.78, 5) is 9.42. The van der Waals surface area contributed by atoms with Crippen molar-refractivity contribution < 1.29 is 4.74 Å². The number of pyridine rings is 1. The summed E-state index contributed by atoms with van der Waals surface area (Å²) in [7, 11) is 0. The fourth-order valence-electron chi connectivity index (χ4n) is 5.23. The van der Waals surface area contributed by atoms with Gasteiger partial charge in [-0.05, 0) is 60.7 Å². The number of rotatable bonds is 5. The molecule has 0 spiro atoms. The Morgan fingerprint density at radius 3 is 2.38 bits per heavy atom. The predicted molar refractivity (Wildman–Crippen MR) is 138 cm³/mol. The molecule has 2 aliphatic heterocycles. The van der Waals surface area contributed by atoms with Crippen molar-refractivity contribution in [1.29, 1.82) is 0 Å². The van der Waals surface area contributed by atoms with Crippen molar-refractivity contribution in [3.8, 4) is 22.6 Å². The van der Waals surface area contributed by atoms with E-state index in [-0.39, 0.29) is 0 Å². The van der Waals surface area contributed by atoms with E-state index in [2.05, 4.69) is 93.6 Å². The molecule has 0 unspecified atom stereocenters. The number of benzene rings is 3. The van der Waals surface area contributed by atoms with Crippen LogP contribution in [0.5, 0.6) is 11.5 Å². The van der Waals surface area contributed by atoms with Crippen LogP contribution in [0.3, 0.4) is 0 Å². The number of anilines is 2. The Bertz CT molecular complexity index is 1250. The first-order valence-electron chi connectivity index (χ1n) is 12.2. The fraction of sp³-hybridized carbons (Fsp3) is 0.233. The summed E-state index contributed by atoms with van der Waals surface area (Å²) in [5.74, 6) is 1.86. The topological polar surface area (TPSA) is 28.6 Å². The Morgan fingerprint density at radius 1 is 0.765 bits per heavy atom. The molecule has 4 heteroatoms. The van der Waals surface area contributed by atoms with Crippen molar-refractivity contribution in [2.75, 3.05) is 24.5 Å². The number of hydrogen-bond donors (Lipinski definition) is 0. The van der Waals surface area contributed by atoms with Crippen LogP contribution in [0.25, 0.3) is 11.1 Å². The molecule has 170 valence electrons. The van der Waals surface area contributed by atoms with Crippen LogP contribution in [0, 0.1) is 0 Å². The van der Waals surface area contributed by atoms with Gasteiger partial charge in [-0.2, -0.15) is 0 Å². The van der Waals surface area contributed by atoms with Crippen LogP contribution in [0.2, 0.25) is 0 Å². The van der Waals surface area contributed by atoms with Crippen LogP contribution >= 0.6 is 0 Å². The van der Waals surface area contributed by atoms with E-state index < -0.39 is 0 Å². The predicted octanol–water partition coefficient (Wildman–Crippen LogP) is 6.70. The summed E-state index contributed by atoms with van der Waals surface area (Å²) in [5.41, 5.74) is 5.99. The number of hydrogen-bond acceptors (Lipinski definition) is 4. The normalized spacial score (nSPS) is 15.9. The molecule has 0 atom stereocenters. The molecule has 6 rings (SSSR count). The lowest BCUT2D eigenvalue weighted by atomic mass is 9.98. The van der Waals surface area contributed by atoms with Gasteiger partial charge >= 0.3 is 0 Å². The Morgan fingerprint density at radius 2 is 1.56 bits per heavy atom. The number of piperidine rings is 1. The Kier molecular flexibility index (Phi) is 5.74. The summed E-state index contributed by atoms with van der Waals surface area (Å²) >= 11 is 0. The van der Waals surface area contributed by atoms with E-state index in [9.17, 15) is 0 Å². The molecule has 0 amide bonds. The van der Waals surface area contributed by atoms with E-state index in [4.69, 9.17) is 4.74 Å². The lowest BCUT2D eigenvalue weighted by molar-refractivity contribution is 0.214. The second kappa shape index (κ2) is 9.32. The average molecular weight is 448 g/mol. The Balaban J connectivity index is 1.23. The maximum atomic E-state index is 6.40. The smallest absolute Gasteiger partial charge is 0.151 e. The molecule has 0 saturated carbocycles.